The van der Waals surface area contributed by atoms with E-state index in [1.165, 1.54) is 31.3 Å². The summed E-state index contributed by atoms with van der Waals surface area (Å²) in [5, 5.41) is 4.86. The van der Waals surface area contributed by atoms with Crippen molar-refractivity contribution in [2.45, 2.75) is 0 Å². The molecule has 0 aliphatic rings. The number of fused-ring (bicyclic) bond motifs is 6. The maximum absolute atomic E-state index is 6.20. The zero-order valence-corrected chi connectivity index (χ0v) is 30.9. The van der Waals surface area contributed by atoms with Crippen LogP contribution < -0.4 is 0 Å². The molecule has 4 heterocycles. The Bertz CT molecular complexity index is 3240. The average molecular weight is 734 g/mol. The van der Waals surface area contributed by atoms with Gasteiger partial charge in [0.25, 0.3) is 0 Å². The maximum Gasteiger partial charge on any atom is 0.161 e. The van der Waals surface area contributed by atoms with E-state index in [1.807, 2.05) is 53.9 Å². The number of furan rings is 1. The van der Waals surface area contributed by atoms with Gasteiger partial charge in [0.1, 0.15) is 11.2 Å². The monoisotopic (exact) mass is 733 g/mol. The van der Waals surface area contributed by atoms with Gasteiger partial charge in [-0.25, -0.2) is 9.97 Å². The van der Waals surface area contributed by atoms with Gasteiger partial charge in [0.2, 0.25) is 0 Å². The van der Waals surface area contributed by atoms with Gasteiger partial charge in [0.15, 0.2) is 5.82 Å². The quantitative estimate of drug-likeness (QED) is 0.171. The van der Waals surface area contributed by atoms with Crippen molar-refractivity contribution in [2.24, 2.45) is 0 Å². The molecule has 0 amide bonds. The number of hydrogen-bond acceptors (Lipinski definition) is 5. The van der Waals surface area contributed by atoms with Crippen molar-refractivity contribution in [3.05, 3.63) is 188 Å². The summed E-state index contributed by atoms with van der Waals surface area (Å²) in [6.07, 6.45) is 3.68. The van der Waals surface area contributed by atoms with Crippen molar-refractivity contribution in [1.29, 1.82) is 0 Å². The van der Waals surface area contributed by atoms with Crippen LogP contribution in [0.2, 0.25) is 0 Å². The highest BCUT2D eigenvalue weighted by molar-refractivity contribution is 7.25. The number of rotatable bonds is 6. The van der Waals surface area contributed by atoms with E-state index < -0.39 is 0 Å². The average Bonchev–Trinajstić information content (AvgIpc) is 3.84. The predicted octanol–water partition coefficient (Wildman–Crippen LogP) is 14.1. The number of hydrogen-bond donors (Lipinski definition) is 0. The SMILES string of the molecule is c1cncc(-c2ccccc2-c2nc(-c3ccc(-c4ccc5c(c4)oc4ccccc45)cc3)cc(-c3ccc(-c4ccc5sc6ccccc6c5c4)cc3)n2)c1. The van der Waals surface area contributed by atoms with Gasteiger partial charge in [-0.05, 0) is 76.3 Å². The van der Waals surface area contributed by atoms with E-state index in [1.54, 1.807) is 6.20 Å². The molecule has 0 N–H and O–H groups in total. The third-order valence-electron chi connectivity index (χ3n) is 10.7. The topological polar surface area (TPSA) is 51.8 Å². The van der Waals surface area contributed by atoms with Gasteiger partial charge in [-0.1, -0.05) is 127 Å². The maximum atomic E-state index is 6.20. The second-order valence-corrected chi connectivity index (χ2v) is 15.1. The highest BCUT2D eigenvalue weighted by Gasteiger charge is 2.16. The molecule has 0 radical (unpaired) electrons. The van der Waals surface area contributed by atoms with Crippen LogP contribution in [0.4, 0.5) is 0 Å². The Hall–Kier alpha value is -7.21. The molecule has 0 aliphatic carbocycles. The normalized spacial score (nSPS) is 11.6. The molecule has 4 nitrogen and oxygen atoms in total. The lowest BCUT2D eigenvalue weighted by Gasteiger charge is -2.13. The van der Waals surface area contributed by atoms with Crippen molar-refractivity contribution < 1.29 is 4.42 Å². The fraction of sp³-hybridized carbons (Fsp3) is 0. The lowest BCUT2D eigenvalue weighted by molar-refractivity contribution is 0.669. The summed E-state index contributed by atoms with van der Waals surface area (Å²) in [5.41, 5.74) is 13.1. The molecule has 0 saturated carbocycles. The molecule has 5 heteroatoms. The minimum Gasteiger partial charge on any atom is -0.456 e. The molecule has 0 atom stereocenters. The van der Waals surface area contributed by atoms with Crippen LogP contribution in [-0.4, -0.2) is 15.0 Å². The summed E-state index contributed by atoms with van der Waals surface area (Å²) < 4.78 is 8.82. The van der Waals surface area contributed by atoms with Crippen LogP contribution in [0.3, 0.4) is 0 Å². The van der Waals surface area contributed by atoms with Gasteiger partial charge in [0.05, 0.1) is 11.4 Å². The van der Waals surface area contributed by atoms with E-state index in [-0.39, 0.29) is 0 Å². The Labute approximate surface area is 327 Å². The summed E-state index contributed by atoms with van der Waals surface area (Å²) >= 11 is 1.84. The Morgan fingerprint density at radius 3 is 1.71 bits per heavy atom. The smallest absolute Gasteiger partial charge is 0.161 e. The molecule has 56 heavy (non-hydrogen) atoms. The molecule has 11 rings (SSSR count). The van der Waals surface area contributed by atoms with Crippen molar-refractivity contribution in [1.82, 2.24) is 15.0 Å². The Kier molecular flexibility index (Phi) is 7.64. The third-order valence-corrected chi connectivity index (χ3v) is 11.8. The molecule has 0 bridgehead atoms. The number of pyridine rings is 1. The standard InChI is InChI=1S/C51H31N3OS/c1-2-12-43(39(9-1)38-8-7-27-52-31-38)51-53-45(34-19-15-32(16-20-34)36-24-26-50-44(28-36)42-11-4-6-14-49(42)56-50)30-46(54-51)35-21-17-33(18-22-35)37-23-25-41-40-10-3-5-13-47(40)55-48(41)29-37/h1-31H. The first-order chi connectivity index (χ1) is 27.7. The summed E-state index contributed by atoms with van der Waals surface area (Å²) in [7, 11) is 0. The van der Waals surface area contributed by atoms with Gasteiger partial charge >= 0.3 is 0 Å². The molecule has 0 aliphatic heterocycles. The highest BCUT2D eigenvalue weighted by Crippen LogP contribution is 2.38. The molecular weight excluding hydrogens is 703 g/mol. The fourth-order valence-corrected chi connectivity index (χ4v) is 8.88. The first-order valence-corrected chi connectivity index (χ1v) is 19.5. The van der Waals surface area contributed by atoms with Crippen LogP contribution in [0.5, 0.6) is 0 Å². The number of benzene rings is 7. The summed E-state index contributed by atoms with van der Waals surface area (Å²) in [5.74, 6) is 0.662. The van der Waals surface area contributed by atoms with E-state index in [0.717, 1.165) is 72.3 Å². The van der Waals surface area contributed by atoms with Crippen LogP contribution in [0.15, 0.2) is 193 Å². The van der Waals surface area contributed by atoms with E-state index >= 15 is 0 Å². The lowest BCUT2D eigenvalue weighted by atomic mass is 9.98. The summed E-state index contributed by atoms with van der Waals surface area (Å²) in [6.45, 7) is 0. The van der Waals surface area contributed by atoms with Crippen molar-refractivity contribution in [3.63, 3.8) is 0 Å². The number of thiophene rings is 1. The van der Waals surface area contributed by atoms with Crippen LogP contribution in [0.25, 0.3) is 109 Å². The van der Waals surface area contributed by atoms with E-state index in [9.17, 15) is 0 Å². The predicted molar refractivity (Wildman–Crippen MR) is 233 cm³/mol. The van der Waals surface area contributed by atoms with Gasteiger partial charge in [-0.2, -0.15) is 0 Å². The second kappa shape index (κ2) is 13.3. The Morgan fingerprint density at radius 2 is 0.964 bits per heavy atom. The van der Waals surface area contributed by atoms with E-state index in [2.05, 4.69) is 145 Å². The number of nitrogens with zero attached hydrogens (tertiary/aromatic N) is 3. The molecule has 0 spiro atoms. The van der Waals surface area contributed by atoms with Crippen molar-refractivity contribution >= 4 is 53.4 Å². The van der Waals surface area contributed by atoms with E-state index in [4.69, 9.17) is 14.4 Å². The molecule has 0 unspecified atom stereocenters. The van der Waals surface area contributed by atoms with Gasteiger partial charge in [-0.15, -0.1) is 11.3 Å². The molecule has 0 fully saturated rings. The highest BCUT2D eigenvalue weighted by atomic mass is 32.1. The minimum atomic E-state index is 0.662. The van der Waals surface area contributed by atoms with Crippen LogP contribution in [-0.2, 0) is 0 Å². The van der Waals surface area contributed by atoms with Gasteiger partial charge in [0, 0.05) is 65.6 Å². The summed E-state index contributed by atoms with van der Waals surface area (Å²) in [6, 6.07) is 61.8. The van der Waals surface area contributed by atoms with Crippen LogP contribution in [0.1, 0.15) is 0 Å². The zero-order valence-electron chi connectivity index (χ0n) is 30.1. The lowest BCUT2D eigenvalue weighted by Crippen LogP contribution is -1.97. The zero-order chi connectivity index (χ0) is 37.0. The fourth-order valence-electron chi connectivity index (χ4n) is 7.79. The molecule has 262 valence electrons. The molecule has 11 aromatic rings. The first kappa shape index (κ1) is 32.2. The van der Waals surface area contributed by atoms with Gasteiger partial charge in [-0.3, -0.25) is 4.98 Å². The summed E-state index contributed by atoms with van der Waals surface area (Å²) in [4.78, 5) is 14.9. The molecule has 7 aromatic carbocycles. The van der Waals surface area contributed by atoms with Crippen molar-refractivity contribution in [2.75, 3.05) is 0 Å². The van der Waals surface area contributed by atoms with E-state index in [0.29, 0.717) is 5.82 Å². The minimum absolute atomic E-state index is 0.662. The van der Waals surface area contributed by atoms with Crippen molar-refractivity contribution in [3.8, 4) is 67.3 Å². The largest absolute Gasteiger partial charge is 0.456 e. The van der Waals surface area contributed by atoms with Crippen LogP contribution in [0, 0.1) is 0 Å². The third kappa shape index (κ3) is 5.65. The number of para-hydroxylation sites is 1. The molecule has 0 saturated heterocycles. The Morgan fingerprint density at radius 1 is 0.375 bits per heavy atom. The number of aromatic nitrogens is 3. The second-order valence-electron chi connectivity index (χ2n) is 14.0. The first-order valence-electron chi connectivity index (χ1n) is 18.6. The Balaban J connectivity index is 0.992. The molecular formula is C51H31N3OS. The molecule has 4 aromatic heterocycles. The van der Waals surface area contributed by atoms with Gasteiger partial charge < -0.3 is 4.42 Å². The van der Waals surface area contributed by atoms with Crippen LogP contribution >= 0.6 is 11.3 Å².